The average Bonchev–Trinajstić information content (AvgIpc) is 2.04. The maximum absolute atomic E-state index is 10.3. The van der Waals surface area contributed by atoms with Gasteiger partial charge in [-0.05, 0) is 24.3 Å². The fourth-order valence-electron chi connectivity index (χ4n) is 0.755. The monoisotopic (exact) mass is 168 g/mol. The fraction of sp³-hybridized carbons (Fsp3) is 0. The van der Waals surface area contributed by atoms with Crippen LogP contribution in [-0.2, 0) is 0 Å². The molecule has 4 nitrogen and oxygen atoms in total. The summed E-state index contributed by atoms with van der Waals surface area (Å²) in [5.41, 5.74) is 0.167. The molecule has 0 fully saturated rings. The number of rotatable bonds is 2. The molecule has 0 aromatic heterocycles. The molecule has 0 heterocycles. The Labute approximate surface area is 68.1 Å². The summed E-state index contributed by atoms with van der Waals surface area (Å²) in [4.78, 5) is 20.7. The largest absolute Gasteiger partial charge is 0.478 e. The number of aromatic carboxylic acids is 2. The normalized spacial score (nSPS) is 9.33. The zero-order valence-electron chi connectivity index (χ0n) is 6.02. The Balaban J connectivity index is 3.01. The van der Waals surface area contributed by atoms with Crippen molar-refractivity contribution in [2.45, 2.75) is 0 Å². The molecular formula is C8H6O4. The molecule has 0 aliphatic carbocycles. The summed E-state index contributed by atoms with van der Waals surface area (Å²) in [7, 11) is 0. The maximum atomic E-state index is 10.3. The highest BCUT2D eigenvalue weighted by Crippen LogP contribution is 2.03. The molecule has 62 valence electrons. The van der Waals surface area contributed by atoms with Gasteiger partial charge in [0.25, 0.3) is 0 Å². The third kappa shape index (κ3) is 1.60. The van der Waals surface area contributed by atoms with Crippen LogP contribution in [0, 0.1) is 0 Å². The Morgan fingerprint density at radius 2 is 1.08 bits per heavy atom. The van der Waals surface area contributed by atoms with Crippen molar-refractivity contribution < 1.29 is 19.8 Å². The van der Waals surface area contributed by atoms with Crippen LogP contribution in [0.1, 0.15) is 20.7 Å². The van der Waals surface area contributed by atoms with Crippen molar-refractivity contribution in [3.05, 3.63) is 35.4 Å². The molecule has 1 aromatic carbocycles. The predicted molar refractivity (Wildman–Crippen MR) is 40.4 cm³/mol. The summed E-state index contributed by atoms with van der Waals surface area (Å²) < 4.78 is 0. The van der Waals surface area contributed by atoms with Crippen LogP contribution in [0.4, 0.5) is 0 Å². The van der Waals surface area contributed by atoms with Gasteiger partial charge in [-0.1, -0.05) is 0 Å². The van der Waals surface area contributed by atoms with E-state index >= 15 is 0 Å². The van der Waals surface area contributed by atoms with E-state index in [1.165, 1.54) is 24.3 Å². The van der Waals surface area contributed by atoms with E-state index in [4.69, 9.17) is 10.2 Å². The van der Waals surface area contributed by atoms with Crippen molar-refractivity contribution in [2.75, 3.05) is 0 Å². The van der Waals surface area contributed by atoms with Crippen LogP contribution in [0.25, 0.3) is 0 Å². The highest BCUT2D eigenvalue weighted by Gasteiger charge is 2.04. The van der Waals surface area contributed by atoms with Crippen molar-refractivity contribution >= 4 is 11.9 Å². The first-order valence-corrected chi connectivity index (χ1v) is 3.18. The lowest BCUT2D eigenvalue weighted by molar-refractivity contribution is 0.0681. The van der Waals surface area contributed by atoms with Gasteiger partial charge in [-0.2, -0.15) is 0 Å². The molecule has 0 aliphatic rings. The van der Waals surface area contributed by atoms with Crippen molar-refractivity contribution in [2.24, 2.45) is 0 Å². The van der Waals surface area contributed by atoms with Gasteiger partial charge in [-0.25, -0.2) is 9.59 Å². The molecule has 0 spiro atoms. The molecule has 4 heteroatoms. The lowest BCUT2D eigenvalue weighted by Gasteiger charge is -1.94. The standard InChI is InChI=1S/C8H6O4/c9-7(10)5-1-2-6(4-3-5)8(11)12/h1-4H,(H,9,10)(H,11,12)/i5+1,6+1. The van der Waals surface area contributed by atoms with Crippen molar-refractivity contribution in [1.29, 1.82) is 0 Å². The lowest BCUT2D eigenvalue weighted by Crippen LogP contribution is -1.99. The van der Waals surface area contributed by atoms with Crippen LogP contribution in [0.15, 0.2) is 24.3 Å². The summed E-state index contributed by atoms with van der Waals surface area (Å²) in [5.74, 6) is -2.13. The van der Waals surface area contributed by atoms with Gasteiger partial charge < -0.3 is 10.2 Å². The van der Waals surface area contributed by atoms with E-state index in [1.807, 2.05) is 0 Å². The molecule has 1 aromatic rings. The van der Waals surface area contributed by atoms with Gasteiger partial charge in [0.1, 0.15) is 0 Å². The van der Waals surface area contributed by atoms with E-state index in [-0.39, 0.29) is 11.1 Å². The van der Waals surface area contributed by atoms with Gasteiger partial charge in [0.15, 0.2) is 0 Å². The predicted octanol–water partition coefficient (Wildman–Crippen LogP) is 1.08. The van der Waals surface area contributed by atoms with Gasteiger partial charge in [0.05, 0.1) is 11.1 Å². The Kier molecular flexibility index (Phi) is 2.09. The number of hydrogen-bond donors (Lipinski definition) is 2. The minimum absolute atomic E-state index is 0.0833. The SMILES string of the molecule is O=C(O)[13c]1cc[13c](C(=O)O)cc1. The van der Waals surface area contributed by atoms with E-state index in [0.29, 0.717) is 0 Å². The van der Waals surface area contributed by atoms with Gasteiger partial charge >= 0.3 is 11.9 Å². The van der Waals surface area contributed by atoms with E-state index < -0.39 is 11.9 Å². The molecule has 0 aliphatic heterocycles. The lowest BCUT2D eigenvalue weighted by atomic mass is 10.4. The molecular weight excluding hydrogens is 162 g/mol. The van der Waals surface area contributed by atoms with Crippen LogP contribution >= 0.6 is 0 Å². The Morgan fingerprint density at radius 3 is 1.25 bits per heavy atom. The number of carbonyl (C=O) groups is 2. The minimum Gasteiger partial charge on any atom is -0.478 e. The summed E-state index contributed by atoms with van der Waals surface area (Å²) in [6.07, 6.45) is 0. The summed E-state index contributed by atoms with van der Waals surface area (Å²) in [6, 6.07) is 5.02. The highest BCUT2D eigenvalue weighted by molar-refractivity contribution is 5.91. The molecule has 0 saturated carbocycles. The first kappa shape index (κ1) is 8.26. The Hall–Kier alpha value is -1.84. The topological polar surface area (TPSA) is 74.6 Å². The molecule has 0 radical (unpaired) electrons. The van der Waals surface area contributed by atoms with Crippen LogP contribution in [0.5, 0.6) is 0 Å². The van der Waals surface area contributed by atoms with Crippen LogP contribution in [-0.4, -0.2) is 22.2 Å². The third-order valence-corrected chi connectivity index (χ3v) is 1.38. The van der Waals surface area contributed by atoms with Crippen LogP contribution in [0.2, 0.25) is 0 Å². The number of benzene rings is 1. The molecule has 0 saturated heterocycles. The second-order valence-electron chi connectivity index (χ2n) is 2.19. The quantitative estimate of drug-likeness (QED) is 0.692. The van der Waals surface area contributed by atoms with Gasteiger partial charge in [0.2, 0.25) is 0 Å². The number of hydrogen-bond acceptors (Lipinski definition) is 2. The van der Waals surface area contributed by atoms with Gasteiger partial charge in [-0.15, -0.1) is 0 Å². The van der Waals surface area contributed by atoms with E-state index in [2.05, 4.69) is 0 Å². The van der Waals surface area contributed by atoms with E-state index in [9.17, 15) is 9.59 Å². The van der Waals surface area contributed by atoms with E-state index in [1.54, 1.807) is 0 Å². The molecule has 2 N–H and O–H groups in total. The third-order valence-electron chi connectivity index (χ3n) is 1.38. The van der Waals surface area contributed by atoms with E-state index in [0.717, 1.165) is 0 Å². The maximum Gasteiger partial charge on any atom is 0.335 e. The fourth-order valence-corrected chi connectivity index (χ4v) is 0.755. The first-order chi connectivity index (χ1) is 5.61. The summed E-state index contributed by atoms with van der Waals surface area (Å²) in [6.45, 7) is 0. The molecule has 0 atom stereocenters. The molecule has 0 bridgehead atoms. The van der Waals surface area contributed by atoms with Gasteiger partial charge in [0, 0.05) is 0 Å². The zero-order valence-corrected chi connectivity index (χ0v) is 6.02. The number of carboxylic acid groups (broad SMARTS) is 2. The number of carboxylic acids is 2. The minimum atomic E-state index is -1.06. The highest BCUT2D eigenvalue weighted by atomic mass is 16.4. The summed E-state index contributed by atoms with van der Waals surface area (Å²) >= 11 is 0. The Morgan fingerprint density at radius 1 is 0.833 bits per heavy atom. The molecule has 0 amide bonds. The van der Waals surface area contributed by atoms with Crippen molar-refractivity contribution in [3.8, 4) is 0 Å². The molecule has 12 heavy (non-hydrogen) atoms. The Bertz CT molecular complexity index is 279. The molecule has 0 unspecified atom stereocenters. The van der Waals surface area contributed by atoms with Crippen molar-refractivity contribution in [3.63, 3.8) is 0 Å². The molecule has 1 rings (SSSR count). The van der Waals surface area contributed by atoms with Gasteiger partial charge in [-0.3, -0.25) is 0 Å². The average molecular weight is 168 g/mol. The first-order valence-electron chi connectivity index (χ1n) is 3.18. The van der Waals surface area contributed by atoms with Crippen molar-refractivity contribution in [1.82, 2.24) is 0 Å². The smallest absolute Gasteiger partial charge is 0.335 e. The second kappa shape index (κ2) is 3.04. The zero-order chi connectivity index (χ0) is 9.14. The van der Waals surface area contributed by atoms with Crippen LogP contribution < -0.4 is 0 Å². The summed E-state index contributed by atoms with van der Waals surface area (Å²) in [5, 5.41) is 16.9. The van der Waals surface area contributed by atoms with Crippen LogP contribution in [0.3, 0.4) is 0 Å². The second-order valence-corrected chi connectivity index (χ2v) is 2.19.